The summed E-state index contributed by atoms with van der Waals surface area (Å²) in [5.74, 6) is 0. The standard InChI is InChI=1S/C17H19Cl3N2.H3N/c1-3-10(4-2)22-16-7-5-6-11(17(16)21)12-8-14(19)15(20)9-13(12)18;/h5-10,22H,3-4,21H2,1-2H3;1H3. The lowest BCUT2D eigenvalue weighted by atomic mass is 10.0. The van der Waals surface area contributed by atoms with Crippen LogP contribution in [0.15, 0.2) is 30.3 Å². The first kappa shape index (κ1) is 19.9. The summed E-state index contributed by atoms with van der Waals surface area (Å²) in [6.45, 7) is 4.30. The van der Waals surface area contributed by atoms with E-state index in [-0.39, 0.29) is 6.15 Å². The lowest BCUT2D eigenvalue weighted by molar-refractivity contribution is 0.672. The van der Waals surface area contributed by atoms with Crippen LogP contribution in [0.2, 0.25) is 15.1 Å². The van der Waals surface area contributed by atoms with Crippen LogP contribution in [0.3, 0.4) is 0 Å². The Bertz CT molecular complexity index is 670. The third kappa shape index (κ3) is 4.45. The summed E-state index contributed by atoms with van der Waals surface area (Å²) >= 11 is 18.4. The summed E-state index contributed by atoms with van der Waals surface area (Å²) in [6, 6.07) is 9.64. The molecule has 0 aliphatic carbocycles. The SMILES string of the molecule is CCC(CC)Nc1cccc(-c2cc(Cl)c(Cl)cc2Cl)c1N.N. The molecule has 0 bridgehead atoms. The first-order chi connectivity index (χ1) is 10.5. The van der Waals surface area contributed by atoms with E-state index in [9.17, 15) is 0 Å². The van der Waals surface area contributed by atoms with E-state index in [0.29, 0.717) is 26.8 Å². The van der Waals surface area contributed by atoms with Gasteiger partial charge >= 0.3 is 0 Å². The largest absolute Gasteiger partial charge is 0.397 e. The molecule has 0 aliphatic heterocycles. The maximum absolute atomic E-state index is 6.33. The second kappa shape index (κ2) is 8.65. The predicted molar refractivity (Wildman–Crippen MR) is 104 cm³/mol. The van der Waals surface area contributed by atoms with Crippen molar-refractivity contribution in [2.45, 2.75) is 32.7 Å². The number of hydrogen-bond donors (Lipinski definition) is 3. The molecule has 23 heavy (non-hydrogen) atoms. The van der Waals surface area contributed by atoms with Crippen LogP contribution >= 0.6 is 34.8 Å². The van der Waals surface area contributed by atoms with E-state index in [1.54, 1.807) is 12.1 Å². The van der Waals surface area contributed by atoms with Crippen molar-refractivity contribution in [3.8, 4) is 11.1 Å². The Morgan fingerprint density at radius 3 is 2.17 bits per heavy atom. The maximum atomic E-state index is 6.33. The molecule has 6 heteroatoms. The number of nitrogen functional groups attached to an aromatic ring is 1. The van der Waals surface area contributed by atoms with E-state index < -0.39 is 0 Å². The summed E-state index contributed by atoms with van der Waals surface area (Å²) in [6.07, 6.45) is 2.07. The number of nitrogens with one attached hydrogen (secondary N) is 1. The quantitative estimate of drug-likeness (QED) is 0.404. The lowest BCUT2D eigenvalue weighted by Gasteiger charge is -2.20. The highest BCUT2D eigenvalue weighted by molar-refractivity contribution is 6.44. The van der Waals surface area contributed by atoms with Crippen molar-refractivity contribution >= 4 is 46.2 Å². The van der Waals surface area contributed by atoms with Crippen molar-refractivity contribution in [2.75, 3.05) is 11.1 Å². The predicted octanol–water partition coefficient (Wildman–Crippen LogP) is 6.66. The smallest absolute Gasteiger partial charge is 0.0630 e. The highest BCUT2D eigenvalue weighted by Gasteiger charge is 2.14. The van der Waals surface area contributed by atoms with Crippen molar-refractivity contribution in [1.29, 1.82) is 0 Å². The van der Waals surface area contributed by atoms with E-state index in [2.05, 4.69) is 19.2 Å². The van der Waals surface area contributed by atoms with Gasteiger partial charge in [-0.15, -0.1) is 0 Å². The molecule has 0 atom stereocenters. The molecule has 0 fully saturated rings. The second-order valence-electron chi connectivity index (χ2n) is 5.17. The normalized spacial score (nSPS) is 10.5. The molecule has 0 aromatic heterocycles. The van der Waals surface area contributed by atoms with Gasteiger partial charge in [0.1, 0.15) is 0 Å². The van der Waals surface area contributed by atoms with Gasteiger partial charge in [0.05, 0.1) is 26.4 Å². The van der Waals surface area contributed by atoms with Crippen LogP contribution < -0.4 is 17.2 Å². The highest BCUT2D eigenvalue weighted by atomic mass is 35.5. The molecular weight excluding hydrogens is 353 g/mol. The van der Waals surface area contributed by atoms with Crippen LogP contribution in [-0.4, -0.2) is 6.04 Å². The third-order valence-electron chi connectivity index (χ3n) is 3.75. The van der Waals surface area contributed by atoms with Crippen LogP contribution in [0.4, 0.5) is 11.4 Å². The average molecular weight is 375 g/mol. The van der Waals surface area contributed by atoms with Crippen LogP contribution in [0.5, 0.6) is 0 Å². The lowest BCUT2D eigenvalue weighted by Crippen LogP contribution is -2.18. The van der Waals surface area contributed by atoms with Crippen LogP contribution in [0, 0.1) is 0 Å². The summed E-state index contributed by atoms with van der Waals surface area (Å²) in [7, 11) is 0. The molecule has 0 amide bonds. The van der Waals surface area contributed by atoms with E-state index in [4.69, 9.17) is 40.5 Å². The molecule has 0 spiro atoms. The topological polar surface area (TPSA) is 73.0 Å². The van der Waals surface area contributed by atoms with Crippen LogP contribution in [-0.2, 0) is 0 Å². The fourth-order valence-electron chi connectivity index (χ4n) is 2.37. The summed E-state index contributed by atoms with van der Waals surface area (Å²) in [5, 5.41) is 4.89. The van der Waals surface area contributed by atoms with E-state index in [1.807, 2.05) is 18.2 Å². The first-order valence-electron chi connectivity index (χ1n) is 7.27. The average Bonchev–Trinajstić information content (AvgIpc) is 2.50. The number of halogens is 3. The Morgan fingerprint density at radius 2 is 1.57 bits per heavy atom. The molecule has 126 valence electrons. The number of nitrogens with two attached hydrogens (primary N) is 1. The summed E-state index contributed by atoms with van der Waals surface area (Å²) in [4.78, 5) is 0. The molecule has 2 aromatic carbocycles. The van der Waals surface area contributed by atoms with Crippen LogP contribution in [0.25, 0.3) is 11.1 Å². The Kier molecular flexibility index (Phi) is 7.49. The van der Waals surface area contributed by atoms with E-state index >= 15 is 0 Å². The maximum Gasteiger partial charge on any atom is 0.0630 e. The Hall–Kier alpha value is -1.13. The second-order valence-corrected chi connectivity index (χ2v) is 6.39. The van der Waals surface area contributed by atoms with Gasteiger partial charge in [-0.3, -0.25) is 0 Å². The van der Waals surface area contributed by atoms with Crippen molar-refractivity contribution in [1.82, 2.24) is 6.15 Å². The third-order valence-corrected chi connectivity index (χ3v) is 4.79. The number of anilines is 2. The molecule has 0 radical (unpaired) electrons. The number of hydrogen-bond acceptors (Lipinski definition) is 3. The zero-order valence-electron chi connectivity index (χ0n) is 13.3. The number of benzene rings is 2. The monoisotopic (exact) mass is 373 g/mol. The fourth-order valence-corrected chi connectivity index (χ4v) is 3.02. The van der Waals surface area contributed by atoms with Gasteiger partial charge in [-0.05, 0) is 31.0 Å². The highest BCUT2D eigenvalue weighted by Crippen LogP contribution is 2.39. The van der Waals surface area contributed by atoms with Gasteiger partial charge in [-0.25, -0.2) is 0 Å². The fraction of sp³-hybridized carbons (Fsp3) is 0.294. The van der Waals surface area contributed by atoms with Gasteiger partial charge < -0.3 is 17.2 Å². The van der Waals surface area contributed by atoms with Crippen LogP contribution in [0.1, 0.15) is 26.7 Å². The molecule has 0 aliphatic rings. The van der Waals surface area contributed by atoms with E-state index in [1.165, 1.54) is 0 Å². The first-order valence-corrected chi connectivity index (χ1v) is 8.41. The number of rotatable bonds is 5. The molecule has 0 saturated carbocycles. The van der Waals surface area contributed by atoms with Crippen molar-refractivity contribution in [3.63, 3.8) is 0 Å². The minimum atomic E-state index is 0. The molecule has 0 heterocycles. The van der Waals surface area contributed by atoms with E-state index in [0.717, 1.165) is 29.7 Å². The molecule has 2 aromatic rings. The van der Waals surface area contributed by atoms with Gasteiger partial charge in [-0.1, -0.05) is 60.8 Å². The van der Waals surface area contributed by atoms with Gasteiger partial charge in [0.15, 0.2) is 0 Å². The summed E-state index contributed by atoms with van der Waals surface area (Å²) < 4.78 is 0. The van der Waals surface area contributed by atoms with Crippen molar-refractivity contribution in [3.05, 3.63) is 45.4 Å². The molecule has 6 N–H and O–H groups in total. The minimum absolute atomic E-state index is 0. The Balaban J connectivity index is 0.00000264. The zero-order valence-corrected chi connectivity index (χ0v) is 15.6. The molecule has 2 rings (SSSR count). The minimum Gasteiger partial charge on any atom is -0.397 e. The zero-order chi connectivity index (χ0) is 16.3. The van der Waals surface area contributed by atoms with Gasteiger partial charge in [0.25, 0.3) is 0 Å². The number of para-hydroxylation sites is 1. The molecular formula is C17H22Cl3N3. The van der Waals surface area contributed by atoms with Crippen molar-refractivity contribution in [2.24, 2.45) is 0 Å². The summed E-state index contributed by atoms with van der Waals surface area (Å²) in [5.41, 5.74) is 9.53. The molecule has 0 unspecified atom stereocenters. The Labute approximate surface area is 152 Å². The van der Waals surface area contributed by atoms with Gasteiger partial charge in [0.2, 0.25) is 0 Å². The van der Waals surface area contributed by atoms with Gasteiger partial charge in [-0.2, -0.15) is 0 Å². The van der Waals surface area contributed by atoms with Crippen molar-refractivity contribution < 1.29 is 0 Å². The Morgan fingerprint density at radius 1 is 0.957 bits per heavy atom. The molecule has 3 nitrogen and oxygen atoms in total. The van der Waals surface area contributed by atoms with Gasteiger partial charge in [0, 0.05) is 17.2 Å². The molecule has 0 saturated heterocycles.